The van der Waals surface area contributed by atoms with Gasteiger partial charge in [-0.05, 0) is 25.1 Å². The summed E-state index contributed by atoms with van der Waals surface area (Å²) in [5, 5.41) is 6.06. The first-order valence-corrected chi connectivity index (χ1v) is 10.6. The Bertz CT molecular complexity index is 1330. The highest BCUT2D eigenvalue weighted by Crippen LogP contribution is 2.30. The fourth-order valence-electron chi connectivity index (χ4n) is 3.87. The van der Waals surface area contributed by atoms with E-state index in [2.05, 4.69) is 20.4 Å². The third kappa shape index (κ3) is 4.59. The first-order chi connectivity index (χ1) is 16.9. The zero-order valence-electron chi connectivity index (χ0n) is 18.9. The minimum Gasteiger partial charge on any atom is -0.480 e. The maximum absolute atomic E-state index is 14.6. The second-order valence-corrected chi connectivity index (χ2v) is 8.16. The summed E-state index contributed by atoms with van der Waals surface area (Å²) >= 11 is 0. The van der Waals surface area contributed by atoms with Gasteiger partial charge in [0, 0.05) is 18.3 Å². The summed E-state index contributed by atoms with van der Waals surface area (Å²) in [4.78, 5) is 33.3. The largest absolute Gasteiger partial charge is 0.480 e. The Kier molecular flexibility index (Phi) is 6.41. The molecule has 0 saturated carbocycles. The molecule has 3 atom stereocenters. The second kappa shape index (κ2) is 9.20. The van der Waals surface area contributed by atoms with Gasteiger partial charge in [0.1, 0.15) is 23.2 Å². The SMILES string of the molecule is COc1ncc(-c2ccc3c(N)nc(F)nn23)cc1C(=O)NC1CN(C(=O)C(C)C(F)(F)F)CC1F. The molecule has 0 radical (unpaired) electrons. The topological polar surface area (TPSA) is 128 Å². The number of nitrogen functional groups attached to an aromatic ring is 1. The minimum absolute atomic E-state index is 0.109. The fourth-order valence-corrected chi connectivity index (χ4v) is 3.87. The van der Waals surface area contributed by atoms with Gasteiger partial charge in [-0.3, -0.25) is 9.59 Å². The van der Waals surface area contributed by atoms with Crippen LogP contribution in [0.4, 0.5) is 27.8 Å². The Balaban J connectivity index is 1.58. The number of nitrogens with two attached hydrogens (primary N) is 1. The molecule has 0 bridgehead atoms. The lowest BCUT2D eigenvalue weighted by Crippen LogP contribution is -2.43. The van der Waals surface area contributed by atoms with E-state index in [1.807, 2.05) is 0 Å². The van der Waals surface area contributed by atoms with Crippen molar-refractivity contribution in [1.29, 1.82) is 0 Å². The summed E-state index contributed by atoms with van der Waals surface area (Å²) in [7, 11) is 1.25. The molecule has 0 spiro atoms. The van der Waals surface area contributed by atoms with Gasteiger partial charge in [-0.2, -0.15) is 22.5 Å². The Morgan fingerprint density at radius 1 is 1.28 bits per heavy atom. The molecule has 0 aromatic carbocycles. The van der Waals surface area contributed by atoms with E-state index in [1.54, 1.807) is 6.07 Å². The molecule has 10 nitrogen and oxygen atoms in total. The molecular weight excluding hydrogens is 493 g/mol. The highest BCUT2D eigenvalue weighted by Gasteiger charge is 2.46. The molecule has 3 aromatic rings. The number of carbonyl (C=O) groups is 2. The number of amides is 2. The maximum atomic E-state index is 14.6. The quantitative estimate of drug-likeness (QED) is 0.500. The summed E-state index contributed by atoms with van der Waals surface area (Å²) in [6.07, 6.45) is -6.31. The third-order valence-corrected chi connectivity index (χ3v) is 5.84. The number of hydrogen-bond acceptors (Lipinski definition) is 7. The molecule has 3 unspecified atom stereocenters. The number of carbonyl (C=O) groups excluding carboxylic acids is 2. The van der Waals surface area contributed by atoms with Crippen molar-refractivity contribution in [3.05, 3.63) is 36.0 Å². The van der Waals surface area contributed by atoms with E-state index in [1.165, 1.54) is 30.0 Å². The van der Waals surface area contributed by atoms with Crippen molar-refractivity contribution in [2.24, 2.45) is 5.92 Å². The standard InChI is InChI=1S/C21H20F5N7O3/c1-9(21(24,25)26)19(35)32-7-12(22)13(8-32)29-17(34)11-5-10(6-28-18(11)36-2)14-3-4-15-16(27)30-20(23)31-33(14)15/h3-6,9,12-13H,7-8H2,1-2H3,(H,29,34)(H2,27,30,31). The molecule has 3 N–H and O–H groups in total. The van der Waals surface area contributed by atoms with Crippen LogP contribution >= 0.6 is 0 Å². The maximum Gasteiger partial charge on any atom is 0.400 e. The van der Waals surface area contributed by atoms with Gasteiger partial charge >= 0.3 is 12.3 Å². The van der Waals surface area contributed by atoms with Crippen molar-refractivity contribution in [2.45, 2.75) is 25.3 Å². The molecule has 1 aliphatic rings. The lowest BCUT2D eigenvalue weighted by Gasteiger charge is -2.22. The normalized spacial score (nSPS) is 18.9. The molecule has 4 rings (SSSR count). The number of hydrogen-bond donors (Lipinski definition) is 2. The van der Waals surface area contributed by atoms with E-state index < -0.39 is 55.3 Å². The van der Waals surface area contributed by atoms with Gasteiger partial charge in [-0.25, -0.2) is 13.9 Å². The summed E-state index contributed by atoms with van der Waals surface area (Å²) in [6, 6.07) is 3.17. The van der Waals surface area contributed by atoms with Crippen molar-refractivity contribution in [1.82, 2.24) is 29.8 Å². The van der Waals surface area contributed by atoms with Gasteiger partial charge in [0.2, 0.25) is 11.8 Å². The predicted molar refractivity (Wildman–Crippen MR) is 115 cm³/mol. The number of halogens is 5. The first-order valence-electron chi connectivity index (χ1n) is 10.6. The molecular formula is C21H20F5N7O3. The van der Waals surface area contributed by atoms with Crippen LogP contribution in [0.3, 0.4) is 0 Å². The number of nitrogens with zero attached hydrogens (tertiary/aromatic N) is 5. The predicted octanol–water partition coefficient (Wildman–Crippen LogP) is 2.00. The summed E-state index contributed by atoms with van der Waals surface area (Å²) < 4.78 is 73.2. The Morgan fingerprint density at radius 3 is 2.67 bits per heavy atom. The molecule has 1 fully saturated rings. The van der Waals surface area contributed by atoms with Gasteiger partial charge in [0.15, 0.2) is 5.82 Å². The van der Waals surface area contributed by atoms with E-state index in [4.69, 9.17) is 10.5 Å². The number of methoxy groups -OCH3 is 1. The van der Waals surface area contributed by atoms with Crippen molar-refractivity contribution >= 4 is 23.1 Å². The van der Waals surface area contributed by atoms with Crippen LogP contribution in [0.5, 0.6) is 5.88 Å². The fraction of sp³-hybridized carbons (Fsp3) is 0.381. The number of ether oxygens (including phenoxy) is 1. The van der Waals surface area contributed by atoms with Crippen LogP contribution in [-0.4, -0.2) is 74.9 Å². The average Bonchev–Trinajstić information content (AvgIpc) is 3.40. The minimum atomic E-state index is -4.77. The zero-order chi connectivity index (χ0) is 26.4. The summed E-state index contributed by atoms with van der Waals surface area (Å²) in [5.41, 5.74) is 6.50. The molecule has 4 heterocycles. The lowest BCUT2D eigenvalue weighted by molar-refractivity contribution is -0.185. The molecule has 0 aliphatic carbocycles. The molecule has 1 saturated heterocycles. The van der Waals surface area contributed by atoms with Crippen LogP contribution in [0.1, 0.15) is 17.3 Å². The van der Waals surface area contributed by atoms with Crippen LogP contribution < -0.4 is 15.8 Å². The van der Waals surface area contributed by atoms with Crippen molar-refractivity contribution < 1.29 is 36.3 Å². The van der Waals surface area contributed by atoms with E-state index in [0.29, 0.717) is 23.7 Å². The third-order valence-electron chi connectivity index (χ3n) is 5.84. The molecule has 192 valence electrons. The van der Waals surface area contributed by atoms with Gasteiger partial charge in [0.05, 0.1) is 25.4 Å². The van der Waals surface area contributed by atoms with Crippen molar-refractivity contribution in [3.8, 4) is 17.1 Å². The van der Waals surface area contributed by atoms with Crippen molar-refractivity contribution in [2.75, 3.05) is 25.9 Å². The number of pyridine rings is 1. The Hall–Kier alpha value is -4.04. The molecule has 15 heteroatoms. The van der Waals surface area contributed by atoms with Crippen LogP contribution in [-0.2, 0) is 4.79 Å². The first kappa shape index (κ1) is 25.1. The summed E-state index contributed by atoms with van der Waals surface area (Å²) in [6.45, 7) is -0.345. The second-order valence-electron chi connectivity index (χ2n) is 8.16. The van der Waals surface area contributed by atoms with Crippen LogP contribution in [0.15, 0.2) is 24.4 Å². The van der Waals surface area contributed by atoms with Gasteiger partial charge in [0.25, 0.3) is 5.91 Å². The highest BCUT2D eigenvalue weighted by molar-refractivity contribution is 5.98. The Morgan fingerprint density at radius 2 is 2.00 bits per heavy atom. The number of nitrogens with one attached hydrogen (secondary N) is 1. The Labute approximate surface area is 200 Å². The van der Waals surface area contributed by atoms with Crippen LogP contribution in [0.25, 0.3) is 16.8 Å². The zero-order valence-corrected chi connectivity index (χ0v) is 18.9. The smallest absolute Gasteiger partial charge is 0.400 e. The number of likely N-dealkylation sites (tertiary alicyclic amines) is 1. The molecule has 1 aliphatic heterocycles. The van der Waals surface area contributed by atoms with Crippen molar-refractivity contribution in [3.63, 3.8) is 0 Å². The number of fused-ring (bicyclic) bond motifs is 1. The number of anilines is 1. The highest BCUT2D eigenvalue weighted by atomic mass is 19.4. The number of alkyl halides is 4. The molecule has 2 amide bonds. The number of aromatic nitrogens is 4. The van der Waals surface area contributed by atoms with E-state index in [-0.39, 0.29) is 17.3 Å². The summed E-state index contributed by atoms with van der Waals surface area (Å²) in [5.74, 6) is -4.66. The lowest BCUT2D eigenvalue weighted by atomic mass is 10.1. The van der Waals surface area contributed by atoms with Crippen LogP contribution in [0.2, 0.25) is 0 Å². The van der Waals surface area contributed by atoms with E-state index in [0.717, 1.165) is 4.90 Å². The monoisotopic (exact) mass is 513 g/mol. The van der Waals surface area contributed by atoms with E-state index in [9.17, 15) is 31.5 Å². The van der Waals surface area contributed by atoms with Gasteiger partial charge < -0.3 is 20.7 Å². The van der Waals surface area contributed by atoms with Crippen LogP contribution in [0, 0.1) is 12.0 Å². The molecule has 36 heavy (non-hydrogen) atoms. The van der Waals surface area contributed by atoms with Gasteiger partial charge in [-0.15, -0.1) is 5.10 Å². The number of rotatable bonds is 5. The van der Waals surface area contributed by atoms with E-state index >= 15 is 0 Å². The molecule has 3 aromatic heterocycles. The van der Waals surface area contributed by atoms with Gasteiger partial charge in [-0.1, -0.05) is 0 Å². The average molecular weight is 513 g/mol.